The van der Waals surface area contributed by atoms with Gasteiger partial charge in [0.15, 0.2) is 0 Å². The number of β-amino-alcohol motifs (C(OH)–C–C–N with tert-alkyl or cyclic N) is 1. The summed E-state index contributed by atoms with van der Waals surface area (Å²) >= 11 is 0. The van der Waals surface area contributed by atoms with E-state index < -0.39 is 5.60 Å². The second-order valence-electron chi connectivity index (χ2n) is 3.36. The highest BCUT2D eigenvalue weighted by Gasteiger charge is 2.41. The van der Waals surface area contributed by atoms with Crippen LogP contribution in [0.15, 0.2) is 4.42 Å². The molecule has 6 nitrogen and oxygen atoms in total. The molecule has 1 aromatic heterocycles. The number of anilines is 2. The first kappa shape index (κ1) is 8.31. The van der Waals surface area contributed by atoms with Crippen molar-refractivity contribution in [1.82, 2.24) is 10.2 Å². The summed E-state index contributed by atoms with van der Waals surface area (Å²) in [5.41, 5.74) is 4.67. The van der Waals surface area contributed by atoms with E-state index >= 15 is 0 Å². The van der Waals surface area contributed by atoms with E-state index in [0.29, 0.717) is 19.1 Å². The second-order valence-corrected chi connectivity index (χ2v) is 3.36. The standard InChI is InChI=1S/C7H12N4O2/c1-2-7(12)3-11(4-7)6-10-9-5(8)13-6/h12H,2-4H2,1H3,(H2,8,9). The SMILES string of the molecule is CCC1(O)CN(c2nnc(N)o2)C1. The largest absolute Gasteiger partial charge is 0.390 e. The highest BCUT2D eigenvalue weighted by molar-refractivity contribution is 5.35. The van der Waals surface area contributed by atoms with Gasteiger partial charge in [-0.3, -0.25) is 0 Å². The first-order valence-electron chi connectivity index (χ1n) is 4.19. The van der Waals surface area contributed by atoms with Crippen LogP contribution in [0.4, 0.5) is 12.0 Å². The molecule has 6 heteroatoms. The number of hydrogen-bond donors (Lipinski definition) is 2. The summed E-state index contributed by atoms with van der Waals surface area (Å²) in [5.74, 6) is 0. The number of rotatable bonds is 2. The average molecular weight is 184 g/mol. The van der Waals surface area contributed by atoms with Gasteiger partial charge >= 0.3 is 12.0 Å². The van der Waals surface area contributed by atoms with E-state index in [1.54, 1.807) is 4.90 Å². The molecule has 0 aromatic carbocycles. The third-order valence-corrected chi connectivity index (χ3v) is 2.33. The van der Waals surface area contributed by atoms with Crippen molar-refractivity contribution in [2.75, 3.05) is 23.7 Å². The summed E-state index contributed by atoms with van der Waals surface area (Å²) in [5, 5.41) is 16.9. The first-order chi connectivity index (χ1) is 6.13. The highest BCUT2D eigenvalue weighted by atomic mass is 16.4. The maximum Gasteiger partial charge on any atom is 0.319 e. The van der Waals surface area contributed by atoms with Crippen LogP contribution in [0.25, 0.3) is 0 Å². The Bertz CT molecular complexity index is 305. The van der Waals surface area contributed by atoms with E-state index in [2.05, 4.69) is 10.2 Å². The van der Waals surface area contributed by atoms with Crippen LogP contribution >= 0.6 is 0 Å². The van der Waals surface area contributed by atoms with Gasteiger partial charge in [-0.2, -0.15) is 0 Å². The van der Waals surface area contributed by atoms with Crippen molar-refractivity contribution in [2.24, 2.45) is 0 Å². The zero-order valence-electron chi connectivity index (χ0n) is 7.40. The fourth-order valence-corrected chi connectivity index (χ4v) is 1.38. The third-order valence-electron chi connectivity index (χ3n) is 2.33. The molecule has 1 aliphatic heterocycles. The Hall–Kier alpha value is -1.30. The predicted octanol–water partition coefficient (Wildman–Crippen LogP) is -0.387. The topological polar surface area (TPSA) is 88.4 Å². The lowest BCUT2D eigenvalue weighted by Crippen LogP contribution is -2.61. The summed E-state index contributed by atoms with van der Waals surface area (Å²) in [6.07, 6.45) is 0.729. The number of aromatic nitrogens is 2. The highest BCUT2D eigenvalue weighted by Crippen LogP contribution is 2.28. The number of nitrogens with zero attached hydrogens (tertiary/aromatic N) is 3. The number of aliphatic hydroxyl groups is 1. The number of hydrogen-bond acceptors (Lipinski definition) is 6. The maximum absolute atomic E-state index is 9.69. The van der Waals surface area contributed by atoms with Crippen molar-refractivity contribution in [1.29, 1.82) is 0 Å². The summed E-state index contributed by atoms with van der Waals surface area (Å²) in [4.78, 5) is 1.80. The minimum absolute atomic E-state index is 0.0574. The van der Waals surface area contributed by atoms with Gasteiger partial charge in [-0.1, -0.05) is 17.1 Å². The maximum atomic E-state index is 9.69. The Balaban J connectivity index is 2.01. The number of nitrogen functional groups attached to an aromatic ring is 1. The van der Waals surface area contributed by atoms with E-state index in [9.17, 15) is 5.11 Å². The first-order valence-corrected chi connectivity index (χ1v) is 4.19. The molecule has 3 N–H and O–H groups in total. The molecule has 1 aliphatic rings. The summed E-state index contributed by atoms with van der Waals surface area (Å²) in [7, 11) is 0. The van der Waals surface area contributed by atoms with Gasteiger partial charge in [0, 0.05) is 0 Å². The molecular weight excluding hydrogens is 172 g/mol. The molecule has 1 saturated heterocycles. The van der Waals surface area contributed by atoms with Gasteiger partial charge in [-0.05, 0) is 6.42 Å². The Morgan fingerprint density at radius 3 is 2.77 bits per heavy atom. The molecule has 0 spiro atoms. The molecule has 0 amide bonds. The minimum Gasteiger partial charge on any atom is -0.390 e. The second kappa shape index (κ2) is 2.59. The van der Waals surface area contributed by atoms with Crippen molar-refractivity contribution in [3.05, 3.63) is 0 Å². The van der Waals surface area contributed by atoms with Gasteiger partial charge in [0.25, 0.3) is 0 Å². The van der Waals surface area contributed by atoms with Crippen molar-refractivity contribution in [3.8, 4) is 0 Å². The Morgan fingerprint density at radius 1 is 1.62 bits per heavy atom. The van der Waals surface area contributed by atoms with Gasteiger partial charge in [0.1, 0.15) is 0 Å². The van der Waals surface area contributed by atoms with Gasteiger partial charge in [0.05, 0.1) is 18.7 Å². The van der Waals surface area contributed by atoms with Crippen LogP contribution in [0, 0.1) is 0 Å². The molecule has 0 aliphatic carbocycles. The van der Waals surface area contributed by atoms with Crippen LogP contribution in [0.3, 0.4) is 0 Å². The molecule has 0 atom stereocenters. The van der Waals surface area contributed by atoms with Crippen LogP contribution in [0.5, 0.6) is 0 Å². The van der Waals surface area contributed by atoms with Crippen LogP contribution in [-0.4, -0.2) is 34.0 Å². The molecule has 1 fully saturated rings. The van der Waals surface area contributed by atoms with Crippen molar-refractivity contribution in [2.45, 2.75) is 18.9 Å². The van der Waals surface area contributed by atoms with Gasteiger partial charge in [-0.25, -0.2) is 0 Å². The lowest BCUT2D eigenvalue weighted by atomic mass is 9.92. The van der Waals surface area contributed by atoms with Crippen LogP contribution in [0.1, 0.15) is 13.3 Å². The minimum atomic E-state index is -0.594. The van der Waals surface area contributed by atoms with E-state index in [-0.39, 0.29) is 6.01 Å². The molecule has 13 heavy (non-hydrogen) atoms. The lowest BCUT2D eigenvalue weighted by Gasteiger charge is -2.44. The van der Waals surface area contributed by atoms with E-state index in [0.717, 1.165) is 6.42 Å². The smallest absolute Gasteiger partial charge is 0.319 e. The average Bonchev–Trinajstić information content (AvgIpc) is 2.46. The Morgan fingerprint density at radius 2 is 2.31 bits per heavy atom. The molecule has 0 saturated carbocycles. The molecular formula is C7H12N4O2. The van der Waals surface area contributed by atoms with Gasteiger partial charge in [-0.15, -0.1) is 0 Å². The normalized spacial score (nSPS) is 20.0. The fraction of sp³-hybridized carbons (Fsp3) is 0.714. The molecule has 1 aromatic rings. The number of nitrogens with two attached hydrogens (primary N) is 1. The fourth-order valence-electron chi connectivity index (χ4n) is 1.38. The van der Waals surface area contributed by atoms with Crippen molar-refractivity contribution >= 4 is 12.0 Å². The van der Waals surface area contributed by atoms with E-state index in [4.69, 9.17) is 10.2 Å². The predicted molar refractivity (Wildman–Crippen MR) is 46.2 cm³/mol. The molecule has 0 unspecified atom stereocenters. The Kier molecular flexibility index (Phi) is 1.66. The molecule has 72 valence electrons. The zero-order chi connectivity index (χ0) is 9.47. The van der Waals surface area contributed by atoms with Crippen molar-refractivity contribution in [3.63, 3.8) is 0 Å². The summed E-state index contributed by atoms with van der Waals surface area (Å²) in [6, 6.07) is 0.442. The summed E-state index contributed by atoms with van der Waals surface area (Å²) in [6.45, 7) is 3.01. The lowest BCUT2D eigenvalue weighted by molar-refractivity contribution is 0.00569. The monoisotopic (exact) mass is 184 g/mol. The quantitative estimate of drug-likeness (QED) is 0.651. The molecule has 2 heterocycles. The van der Waals surface area contributed by atoms with Crippen molar-refractivity contribution < 1.29 is 9.52 Å². The Labute approximate surface area is 75.3 Å². The molecule has 2 rings (SSSR count). The molecule has 0 bridgehead atoms. The van der Waals surface area contributed by atoms with Crippen LogP contribution in [-0.2, 0) is 0 Å². The zero-order valence-corrected chi connectivity index (χ0v) is 7.40. The van der Waals surface area contributed by atoms with Crippen LogP contribution < -0.4 is 10.6 Å². The van der Waals surface area contributed by atoms with Gasteiger partial charge < -0.3 is 20.2 Å². The van der Waals surface area contributed by atoms with Crippen LogP contribution in [0.2, 0.25) is 0 Å². The third kappa shape index (κ3) is 1.33. The van der Waals surface area contributed by atoms with E-state index in [1.165, 1.54) is 0 Å². The molecule has 0 radical (unpaired) electrons. The summed E-state index contributed by atoms with van der Waals surface area (Å²) < 4.78 is 5.00. The van der Waals surface area contributed by atoms with Gasteiger partial charge in [0.2, 0.25) is 0 Å². The van der Waals surface area contributed by atoms with E-state index in [1.807, 2.05) is 6.92 Å².